The minimum Gasteiger partial charge on any atom is -0.508 e. The van der Waals surface area contributed by atoms with Crippen LogP contribution in [-0.4, -0.2) is 89.5 Å². The fourth-order valence-corrected chi connectivity index (χ4v) is 3.97. The van der Waals surface area contributed by atoms with Gasteiger partial charge < -0.3 is 38.6 Å². The minimum absolute atomic E-state index is 0.0252. The van der Waals surface area contributed by atoms with E-state index in [-0.39, 0.29) is 6.61 Å². The van der Waals surface area contributed by atoms with Crippen LogP contribution in [0.5, 0.6) is 11.5 Å². The molecule has 41 heavy (non-hydrogen) atoms. The lowest BCUT2D eigenvalue weighted by molar-refractivity contribution is -0.0146. The molecule has 0 radical (unpaired) electrons. The highest BCUT2D eigenvalue weighted by Crippen LogP contribution is 2.32. The summed E-state index contributed by atoms with van der Waals surface area (Å²) in [6.45, 7) is 13.7. The first-order chi connectivity index (χ1) is 20.0. The Morgan fingerprint density at radius 3 is 1.83 bits per heavy atom. The maximum atomic E-state index is 10.8. The Morgan fingerprint density at radius 1 is 0.732 bits per heavy atom. The van der Waals surface area contributed by atoms with Crippen LogP contribution in [0.2, 0.25) is 0 Å². The van der Waals surface area contributed by atoms with Gasteiger partial charge in [0.25, 0.3) is 0 Å². The van der Waals surface area contributed by atoms with Crippen LogP contribution in [0, 0.1) is 0 Å². The molecule has 0 atom stereocenters. The van der Waals surface area contributed by atoms with E-state index >= 15 is 0 Å². The van der Waals surface area contributed by atoms with Gasteiger partial charge in [0.1, 0.15) is 18.1 Å². The van der Waals surface area contributed by atoms with Crippen molar-refractivity contribution < 1.29 is 38.6 Å². The van der Waals surface area contributed by atoms with Gasteiger partial charge in [0.15, 0.2) is 0 Å². The third-order valence-corrected chi connectivity index (χ3v) is 6.27. The third kappa shape index (κ3) is 20.6. The van der Waals surface area contributed by atoms with Crippen LogP contribution in [0.25, 0.3) is 0 Å². The summed E-state index contributed by atoms with van der Waals surface area (Å²) < 4.78 is 33.3. The van der Waals surface area contributed by atoms with Crippen LogP contribution in [0.15, 0.2) is 35.4 Å². The van der Waals surface area contributed by atoms with Crippen molar-refractivity contribution in [2.24, 2.45) is 0 Å². The first-order valence-corrected chi connectivity index (χ1v) is 15.2. The zero-order valence-corrected chi connectivity index (χ0v) is 26.1. The second-order valence-electron chi connectivity index (χ2n) is 10.3. The minimum atomic E-state index is 0.0252. The van der Waals surface area contributed by atoms with Gasteiger partial charge in [-0.25, -0.2) is 0 Å². The Balaban J connectivity index is 2.35. The molecule has 0 saturated heterocycles. The van der Waals surface area contributed by atoms with Gasteiger partial charge in [0.2, 0.25) is 0 Å². The number of aliphatic hydroxyl groups is 1. The number of aliphatic hydroxyl groups excluding tert-OH is 1. The van der Waals surface area contributed by atoms with Gasteiger partial charge in [0, 0.05) is 5.56 Å². The molecular weight excluding hydrogens is 524 g/mol. The average Bonchev–Trinajstić information content (AvgIpc) is 2.94. The number of unbranched alkanes of at least 4 members (excludes halogenated alkanes) is 2. The largest absolute Gasteiger partial charge is 0.508 e. The number of aryl methyl sites for hydroxylation is 1. The van der Waals surface area contributed by atoms with Crippen LogP contribution in [0.3, 0.4) is 0 Å². The van der Waals surface area contributed by atoms with Crippen molar-refractivity contribution in [3.63, 3.8) is 0 Å². The molecule has 1 rings (SSSR count). The van der Waals surface area contributed by atoms with Gasteiger partial charge in [-0.1, -0.05) is 43.1 Å². The normalized spacial score (nSPS) is 11.7. The molecule has 0 fully saturated rings. The van der Waals surface area contributed by atoms with E-state index < -0.39 is 0 Å². The summed E-state index contributed by atoms with van der Waals surface area (Å²) in [7, 11) is 0. The lowest BCUT2D eigenvalue weighted by atomic mass is 10.00. The predicted molar refractivity (Wildman–Crippen MR) is 164 cm³/mol. The highest BCUT2D eigenvalue weighted by molar-refractivity contribution is 5.48. The first kappa shape index (κ1) is 37.1. The van der Waals surface area contributed by atoms with Crippen LogP contribution < -0.4 is 4.74 Å². The molecule has 236 valence electrons. The maximum Gasteiger partial charge on any atom is 0.126 e. The van der Waals surface area contributed by atoms with Crippen molar-refractivity contribution in [3.05, 3.63) is 46.6 Å². The number of hydrogen-bond acceptors (Lipinski definition) is 8. The number of ether oxygens (including phenoxy) is 6. The molecular formula is C33H56O8. The highest BCUT2D eigenvalue weighted by atomic mass is 16.6. The molecule has 8 heteroatoms. The molecule has 0 bridgehead atoms. The van der Waals surface area contributed by atoms with E-state index in [0.29, 0.717) is 84.8 Å². The number of aromatic hydroxyl groups is 1. The lowest BCUT2D eigenvalue weighted by Crippen LogP contribution is -2.14. The molecule has 0 spiro atoms. The zero-order chi connectivity index (χ0) is 30.0. The van der Waals surface area contributed by atoms with Gasteiger partial charge in [-0.3, -0.25) is 0 Å². The summed E-state index contributed by atoms with van der Waals surface area (Å²) in [5.41, 5.74) is 4.58. The Labute approximate surface area is 248 Å². The summed E-state index contributed by atoms with van der Waals surface area (Å²) in [6, 6.07) is 3.97. The van der Waals surface area contributed by atoms with E-state index in [1.165, 1.54) is 17.6 Å². The molecule has 0 unspecified atom stereocenters. The van der Waals surface area contributed by atoms with Crippen molar-refractivity contribution in [1.29, 1.82) is 0 Å². The molecule has 1 aromatic carbocycles. The second-order valence-corrected chi connectivity index (χ2v) is 10.3. The summed E-state index contributed by atoms with van der Waals surface area (Å²) in [5, 5.41) is 19.5. The van der Waals surface area contributed by atoms with Crippen molar-refractivity contribution in [1.82, 2.24) is 0 Å². The number of allylic oxidation sites excluding steroid dienone is 4. The Bertz CT molecular complexity index is 833. The second kappa shape index (κ2) is 25.7. The monoisotopic (exact) mass is 580 g/mol. The van der Waals surface area contributed by atoms with Crippen molar-refractivity contribution >= 4 is 0 Å². The predicted octanol–water partition coefficient (Wildman–Crippen LogP) is 5.81. The van der Waals surface area contributed by atoms with Crippen LogP contribution >= 0.6 is 0 Å². The quantitative estimate of drug-likeness (QED) is 0.0994. The summed E-state index contributed by atoms with van der Waals surface area (Å²) in [4.78, 5) is 0. The van der Waals surface area contributed by atoms with Crippen LogP contribution in [-0.2, 0) is 36.5 Å². The lowest BCUT2D eigenvalue weighted by Gasteiger charge is -2.15. The van der Waals surface area contributed by atoms with Gasteiger partial charge in [-0.2, -0.15) is 0 Å². The maximum absolute atomic E-state index is 10.8. The number of rotatable bonds is 27. The molecule has 0 aliphatic carbocycles. The molecule has 8 nitrogen and oxygen atoms in total. The summed E-state index contributed by atoms with van der Waals surface area (Å²) in [5.74, 6) is 1.04. The summed E-state index contributed by atoms with van der Waals surface area (Å²) in [6.07, 6.45) is 11.5. The van der Waals surface area contributed by atoms with Crippen molar-refractivity contribution in [2.75, 3.05) is 79.3 Å². The first-order valence-electron chi connectivity index (χ1n) is 15.2. The van der Waals surface area contributed by atoms with Gasteiger partial charge in [0.05, 0.1) is 72.7 Å². The molecule has 2 N–H and O–H groups in total. The Morgan fingerprint density at radius 2 is 1.29 bits per heavy atom. The number of benzene rings is 1. The Kier molecular flexibility index (Phi) is 23.3. The van der Waals surface area contributed by atoms with Gasteiger partial charge in [-0.15, -0.1) is 0 Å². The molecule has 0 saturated carbocycles. The van der Waals surface area contributed by atoms with Crippen molar-refractivity contribution in [2.45, 2.75) is 72.6 Å². The molecule has 1 aromatic rings. The van der Waals surface area contributed by atoms with E-state index in [1.807, 2.05) is 6.07 Å². The fourth-order valence-electron chi connectivity index (χ4n) is 3.97. The topological polar surface area (TPSA) is 95.8 Å². The van der Waals surface area contributed by atoms with Crippen LogP contribution in [0.4, 0.5) is 0 Å². The highest BCUT2D eigenvalue weighted by Gasteiger charge is 2.12. The van der Waals surface area contributed by atoms with Gasteiger partial charge >= 0.3 is 0 Å². The molecule has 0 aliphatic rings. The van der Waals surface area contributed by atoms with E-state index in [4.69, 9.17) is 33.5 Å². The third-order valence-electron chi connectivity index (χ3n) is 6.27. The molecule has 0 heterocycles. The number of phenolic OH excluding ortho intramolecular Hbond substituents is 1. The number of phenols is 1. The Hall–Kier alpha value is -1.94. The van der Waals surface area contributed by atoms with Crippen LogP contribution in [0.1, 0.15) is 70.9 Å². The average molecular weight is 581 g/mol. The van der Waals surface area contributed by atoms with E-state index in [1.54, 1.807) is 0 Å². The molecule has 0 aromatic heterocycles. The van der Waals surface area contributed by atoms with Gasteiger partial charge in [-0.05, 0) is 70.6 Å². The fraction of sp³-hybridized carbons (Fsp3) is 0.697. The van der Waals surface area contributed by atoms with E-state index in [9.17, 15) is 5.11 Å². The van der Waals surface area contributed by atoms with E-state index in [0.717, 1.165) is 49.0 Å². The SMILES string of the molecule is CCCCCc1cc(O)c(C/C=C(\C)CCC=C(C)C)c(OCCOCCOCCOCCOCCOCCO)c1. The van der Waals surface area contributed by atoms with E-state index in [2.05, 4.69) is 45.9 Å². The summed E-state index contributed by atoms with van der Waals surface area (Å²) >= 11 is 0. The van der Waals surface area contributed by atoms with Crippen molar-refractivity contribution in [3.8, 4) is 11.5 Å². The standard InChI is InChI=1S/C33H56O8/c1-5-6-7-11-30-26-32(35)31(13-12-29(4)10-8-9-28(2)3)33(27-30)41-25-24-40-23-22-39-21-20-38-19-18-37-17-16-36-15-14-34/h9,12,26-27,34-35H,5-8,10-11,13-25H2,1-4H3/b29-12+. The number of hydrogen-bond donors (Lipinski definition) is 2. The smallest absolute Gasteiger partial charge is 0.126 e. The molecule has 0 aliphatic heterocycles. The molecule has 0 amide bonds. The zero-order valence-electron chi connectivity index (χ0n) is 26.1.